The summed E-state index contributed by atoms with van der Waals surface area (Å²) < 4.78 is 12.3. The monoisotopic (exact) mass is 453 g/mol. The molecule has 1 fully saturated rings. The molecular weight excluding hydrogens is 426 g/mol. The van der Waals surface area contributed by atoms with Crippen LogP contribution in [0.4, 0.5) is 5.69 Å². The molecule has 1 aliphatic rings. The van der Waals surface area contributed by atoms with Crippen molar-refractivity contribution in [3.8, 4) is 5.75 Å². The molecule has 2 aromatic heterocycles. The molecule has 10 heteroatoms. The van der Waals surface area contributed by atoms with Gasteiger partial charge in [-0.2, -0.15) is 5.10 Å². The number of methoxy groups -OCH3 is 1. The SMILES string of the molecule is COc1cc2nn(CC(=O)N3CCOCC3)cc2cc1NC(=O)c1cccc(C(C)(C)O)n1. The number of fused-ring (bicyclic) bond motifs is 1. The number of hydrogen-bond acceptors (Lipinski definition) is 7. The van der Waals surface area contributed by atoms with Crippen LogP contribution in [0.1, 0.15) is 30.0 Å². The third-order valence-corrected chi connectivity index (χ3v) is 5.39. The van der Waals surface area contributed by atoms with Crippen molar-refractivity contribution in [1.82, 2.24) is 19.7 Å². The highest BCUT2D eigenvalue weighted by Gasteiger charge is 2.21. The third-order valence-electron chi connectivity index (χ3n) is 5.39. The Morgan fingerprint density at radius 3 is 2.70 bits per heavy atom. The molecule has 2 N–H and O–H groups in total. The Morgan fingerprint density at radius 2 is 2.00 bits per heavy atom. The Bertz CT molecular complexity index is 1180. The largest absolute Gasteiger partial charge is 0.494 e. The molecule has 0 bridgehead atoms. The van der Waals surface area contributed by atoms with E-state index in [0.29, 0.717) is 49.0 Å². The summed E-state index contributed by atoms with van der Waals surface area (Å²) in [6.45, 7) is 5.57. The summed E-state index contributed by atoms with van der Waals surface area (Å²) in [6.07, 6.45) is 1.76. The van der Waals surface area contributed by atoms with Gasteiger partial charge in [0, 0.05) is 30.7 Å². The number of benzene rings is 1. The zero-order chi connectivity index (χ0) is 23.6. The number of morpholine rings is 1. The summed E-state index contributed by atoms with van der Waals surface area (Å²) in [4.78, 5) is 31.4. The van der Waals surface area contributed by atoms with Crippen LogP contribution in [0, 0.1) is 0 Å². The lowest BCUT2D eigenvalue weighted by atomic mass is 10.0. The molecule has 10 nitrogen and oxygen atoms in total. The van der Waals surface area contributed by atoms with Crippen LogP contribution in [-0.4, -0.2) is 70.0 Å². The van der Waals surface area contributed by atoms with Crippen molar-refractivity contribution in [2.24, 2.45) is 0 Å². The Balaban J connectivity index is 1.55. The zero-order valence-electron chi connectivity index (χ0n) is 18.9. The van der Waals surface area contributed by atoms with E-state index >= 15 is 0 Å². The normalized spacial score (nSPS) is 14.4. The Kier molecular flexibility index (Phi) is 6.30. The van der Waals surface area contributed by atoms with Gasteiger partial charge in [0.1, 0.15) is 23.6 Å². The number of anilines is 1. The van der Waals surface area contributed by atoms with Gasteiger partial charge in [-0.25, -0.2) is 4.98 Å². The van der Waals surface area contributed by atoms with E-state index in [1.54, 1.807) is 60.0 Å². The lowest BCUT2D eigenvalue weighted by molar-refractivity contribution is -0.136. The Labute approximate surface area is 191 Å². The molecule has 1 saturated heterocycles. The second-order valence-electron chi connectivity index (χ2n) is 8.35. The van der Waals surface area contributed by atoms with Gasteiger partial charge in [0.2, 0.25) is 5.91 Å². The van der Waals surface area contributed by atoms with E-state index in [9.17, 15) is 14.7 Å². The predicted molar refractivity (Wildman–Crippen MR) is 121 cm³/mol. The molecule has 0 saturated carbocycles. The molecule has 3 heterocycles. The van der Waals surface area contributed by atoms with E-state index in [2.05, 4.69) is 15.4 Å². The van der Waals surface area contributed by atoms with E-state index in [1.165, 1.54) is 7.11 Å². The third kappa shape index (κ3) is 5.12. The number of aliphatic hydroxyl groups is 1. The first kappa shape index (κ1) is 22.7. The van der Waals surface area contributed by atoms with E-state index in [1.807, 2.05) is 0 Å². The maximum absolute atomic E-state index is 12.8. The van der Waals surface area contributed by atoms with Crippen molar-refractivity contribution in [2.45, 2.75) is 26.0 Å². The maximum Gasteiger partial charge on any atom is 0.274 e. The first-order valence-electron chi connectivity index (χ1n) is 10.7. The molecule has 33 heavy (non-hydrogen) atoms. The molecule has 4 rings (SSSR count). The highest BCUT2D eigenvalue weighted by molar-refractivity contribution is 6.05. The minimum Gasteiger partial charge on any atom is -0.494 e. The van der Waals surface area contributed by atoms with Gasteiger partial charge in [-0.3, -0.25) is 14.3 Å². The molecule has 174 valence electrons. The number of ether oxygens (including phenoxy) is 2. The Morgan fingerprint density at radius 1 is 1.24 bits per heavy atom. The second kappa shape index (κ2) is 9.16. The summed E-state index contributed by atoms with van der Waals surface area (Å²) in [6, 6.07) is 8.36. The number of amides is 2. The summed E-state index contributed by atoms with van der Waals surface area (Å²) in [5, 5.41) is 18.2. The minimum absolute atomic E-state index is 0.0237. The number of carbonyl (C=O) groups is 2. The molecule has 1 aromatic carbocycles. The fraction of sp³-hybridized carbons (Fsp3) is 0.391. The van der Waals surface area contributed by atoms with Gasteiger partial charge in [-0.15, -0.1) is 0 Å². The van der Waals surface area contributed by atoms with E-state index in [-0.39, 0.29) is 18.1 Å². The number of rotatable bonds is 6. The lowest BCUT2D eigenvalue weighted by Crippen LogP contribution is -2.42. The van der Waals surface area contributed by atoms with Crippen LogP contribution in [-0.2, 0) is 21.7 Å². The van der Waals surface area contributed by atoms with Crippen molar-refractivity contribution in [2.75, 3.05) is 38.7 Å². The summed E-state index contributed by atoms with van der Waals surface area (Å²) in [5.74, 6) is -0.0303. The van der Waals surface area contributed by atoms with Crippen LogP contribution in [0.2, 0.25) is 0 Å². The van der Waals surface area contributed by atoms with Crippen LogP contribution in [0.3, 0.4) is 0 Å². The van der Waals surface area contributed by atoms with Crippen LogP contribution >= 0.6 is 0 Å². The molecule has 0 radical (unpaired) electrons. The summed E-state index contributed by atoms with van der Waals surface area (Å²) in [5.41, 5.74) is 0.485. The average molecular weight is 453 g/mol. The zero-order valence-corrected chi connectivity index (χ0v) is 18.9. The van der Waals surface area contributed by atoms with Gasteiger partial charge < -0.3 is 24.8 Å². The van der Waals surface area contributed by atoms with Crippen LogP contribution in [0.15, 0.2) is 36.5 Å². The maximum atomic E-state index is 12.8. The number of nitrogens with zero attached hydrogens (tertiary/aromatic N) is 4. The fourth-order valence-corrected chi connectivity index (χ4v) is 3.59. The molecule has 1 aliphatic heterocycles. The molecule has 0 atom stereocenters. The van der Waals surface area contributed by atoms with Crippen LogP contribution in [0.25, 0.3) is 10.9 Å². The van der Waals surface area contributed by atoms with Crippen LogP contribution in [0.5, 0.6) is 5.75 Å². The summed E-state index contributed by atoms with van der Waals surface area (Å²) in [7, 11) is 1.50. The van der Waals surface area contributed by atoms with Gasteiger partial charge in [0.05, 0.1) is 37.2 Å². The van der Waals surface area contributed by atoms with Crippen molar-refractivity contribution >= 4 is 28.4 Å². The van der Waals surface area contributed by atoms with Crippen molar-refractivity contribution in [3.63, 3.8) is 0 Å². The highest BCUT2D eigenvalue weighted by Crippen LogP contribution is 2.30. The Hall–Kier alpha value is -3.50. The minimum atomic E-state index is -1.17. The topological polar surface area (TPSA) is 119 Å². The molecule has 2 amide bonds. The molecule has 0 spiro atoms. The van der Waals surface area contributed by atoms with Gasteiger partial charge in [0.25, 0.3) is 5.91 Å². The quantitative estimate of drug-likeness (QED) is 0.584. The van der Waals surface area contributed by atoms with Gasteiger partial charge in [-0.05, 0) is 32.0 Å². The van der Waals surface area contributed by atoms with Crippen molar-refractivity contribution in [3.05, 3.63) is 47.9 Å². The van der Waals surface area contributed by atoms with Crippen LogP contribution < -0.4 is 10.1 Å². The van der Waals surface area contributed by atoms with Crippen molar-refractivity contribution in [1.29, 1.82) is 0 Å². The smallest absolute Gasteiger partial charge is 0.274 e. The number of nitrogens with one attached hydrogen (secondary N) is 1. The lowest BCUT2D eigenvalue weighted by Gasteiger charge is -2.26. The molecule has 3 aromatic rings. The number of aromatic nitrogens is 3. The van der Waals surface area contributed by atoms with E-state index < -0.39 is 11.5 Å². The predicted octanol–water partition coefficient (Wildman–Crippen LogP) is 1.78. The van der Waals surface area contributed by atoms with E-state index in [0.717, 1.165) is 5.39 Å². The van der Waals surface area contributed by atoms with E-state index in [4.69, 9.17) is 9.47 Å². The number of carbonyl (C=O) groups excluding carboxylic acids is 2. The first-order chi connectivity index (χ1) is 15.7. The van der Waals surface area contributed by atoms with Gasteiger partial charge >= 0.3 is 0 Å². The summed E-state index contributed by atoms with van der Waals surface area (Å²) >= 11 is 0. The van der Waals surface area contributed by atoms with Gasteiger partial charge in [0.15, 0.2) is 0 Å². The fourth-order valence-electron chi connectivity index (χ4n) is 3.59. The first-order valence-corrected chi connectivity index (χ1v) is 10.7. The average Bonchev–Trinajstić information content (AvgIpc) is 3.19. The van der Waals surface area contributed by atoms with Crippen molar-refractivity contribution < 1.29 is 24.2 Å². The number of hydrogen-bond donors (Lipinski definition) is 2. The standard InChI is InChI=1S/C23H27N5O5/c1-23(2,31)20-6-4-5-16(24-20)22(30)25-18-11-15-13-28(26-17(15)12-19(18)32-3)14-21(29)27-7-9-33-10-8-27/h4-6,11-13,31H,7-10,14H2,1-3H3,(H,25,30). The van der Waals surface area contributed by atoms with Gasteiger partial charge in [-0.1, -0.05) is 6.07 Å². The highest BCUT2D eigenvalue weighted by atomic mass is 16.5. The molecular formula is C23H27N5O5. The molecule has 0 unspecified atom stereocenters. The second-order valence-corrected chi connectivity index (χ2v) is 8.35. The molecule has 0 aliphatic carbocycles. The number of pyridine rings is 1.